The number of hydrogen-bond donors (Lipinski definition) is 0. The molecule has 2 aliphatic carbocycles. The highest BCUT2D eigenvalue weighted by Crippen LogP contribution is 2.36. The standard InChI is InChI=1S/C21H26.H2/c1-16-4-3-5-18(9-6-16)20-12-14-21(15-13-20)19-10-7-17(2)8-11-19;/h4-6,9,12-15,17,19H,3,7-8,10-11H2,1-2H3;1H. The predicted octanol–water partition coefficient (Wildman–Crippen LogP) is 6.52. The van der Waals surface area contributed by atoms with Crippen LogP contribution in [0, 0.1) is 5.92 Å². The van der Waals surface area contributed by atoms with Crippen LogP contribution < -0.4 is 0 Å². The summed E-state index contributed by atoms with van der Waals surface area (Å²) in [5.74, 6) is 1.72. The van der Waals surface area contributed by atoms with Crippen molar-refractivity contribution in [2.75, 3.05) is 0 Å². The number of allylic oxidation sites excluding steroid dienone is 6. The molecule has 0 N–H and O–H groups in total. The third-order valence-electron chi connectivity index (χ3n) is 5.03. The Kier molecular flexibility index (Phi) is 4.43. The van der Waals surface area contributed by atoms with Crippen molar-refractivity contribution in [1.29, 1.82) is 0 Å². The lowest BCUT2D eigenvalue weighted by molar-refractivity contribution is 0.348. The molecule has 1 aromatic rings. The van der Waals surface area contributed by atoms with Gasteiger partial charge in [0.05, 0.1) is 0 Å². The third-order valence-corrected chi connectivity index (χ3v) is 5.03. The van der Waals surface area contributed by atoms with E-state index in [4.69, 9.17) is 0 Å². The summed E-state index contributed by atoms with van der Waals surface area (Å²) < 4.78 is 0. The van der Waals surface area contributed by atoms with Crippen LogP contribution in [0.15, 0.2) is 54.1 Å². The second-order valence-corrected chi connectivity index (χ2v) is 6.76. The zero-order valence-corrected chi connectivity index (χ0v) is 13.3. The Morgan fingerprint density at radius 3 is 2.33 bits per heavy atom. The van der Waals surface area contributed by atoms with Crippen molar-refractivity contribution in [3.8, 4) is 0 Å². The fourth-order valence-electron chi connectivity index (χ4n) is 3.48. The molecule has 0 saturated heterocycles. The van der Waals surface area contributed by atoms with Crippen molar-refractivity contribution in [2.45, 2.75) is 51.9 Å². The average molecular weight is 280 g/mol. The molecular weight excluding hydrogens is 252 g/mol. The Morgan fingerprint density at radius 2 is 1.62 bits per heavy atom. The van der Waals surface area contributed by atoms with Crippen LogP contribution in [0.2, 0.25) is 0 Å². The minimum atomic E-state index is 0. The van der Waals surface area contributed by atoms with Gasteiger partial charge >= 0.3 is 0 Å². The van der Waals surface area contributed by atoms with E-state index < -0.39 is 0 Å². The van der Waals surface area contributed by atoms with E-state index in [2.05, 4.69) is 62.4 Å². The fourth-order valence-corrected chi connectivity index (χ4v) is 3.48. The average Bonchev–Trinajstić information content (AvgIpc) is 2.73. The van der Waals surface area contributed by atoms with Crippen LogP contribution in [0.3, 0.4) is 0 Å². The van der Waals surface area contributed by atoms with Gasteiger partial charge in [0.25, 0.3) is 0 Å². The molecule has 0 amide bonds. The molecule has 0 radical (unpaired) electrons. The van der Waals surface area contributed by atoms with E-state index >= 15 is 0 Å². The van der Waals surface area contributed by atoms with Gasteiger partial charge in [-0.3, -0.25) is 0 Å². The molecule has 1 fully saturated rings. The molecule has 0 spiro atoms. The lowest BCUT2D eigenvalue weighted by atomic mass is 9.79. The second-order valence-electron chi connectivity index (χ2n) is 6.76. The first-order chi connectivity index (χ1) is 10.2. The van der Waals surface area contributed by atoms with E-state index in [0.717, 1.165) is 18.3 Å². The van der Waals surface area contributed by atoms with Crippen LogP contribution >= 0.6 is 0 Å². The van der Waals surface area contributed by atoms with E-state index in [-0.39, 0.29) is 1.43 Å². The van der Waals surface area contributed by atoms with Crippen LogP contribution in [0.5, 0.6) is 0 Å². The maximum atomic E-state index is 2.39. The monoisotopic (exact) mass is 280 g/mol. The van der Waals surface area contributed by atoms with Gasteiger partial charge in [-0.2, -0.15) is 0 Å². The summed E-state index contributed by atoms with van der Waals surface area (Å²) in [5, 5.41) is 0. The van der Waals surface area contributed by atoms with E-state index in [9.17, 15) is 0 Å². The molecule has 0 atom stereocenters. The smallest absolute Gasteiger partial charge is 0 e. The maximum Gasteiger partial charge on any atom is 0 e. The van der Waals surface area contributed by atoms with Crippen molar-refractivity contribution in [1.82, 2.24) is 0 Å². The van der Waals surface area contributed by atoms with Crippen molar-refractivity contribution in [3.05, 3.63) is 65.3 Å². The van der Waals surface area contributed by atoms with Crippen molar-refractivity contribution >= 4 is 5.57 Å². The highest BCUT2D eigenvalue weighted by Gasteiger charge is 2.19. The number of hydrogen-bond acceptors (Lipinski definition) is 0. The van der Waals surface area contributed by atoms with Crippen LogP contribution in [-0.4, -0.2) is 0 Å². The van der Waals surface area contributed by atoms with E-state index in [1.165, 1.54) is 48.0 Å². The molecule has 2 aliphatic rings. The zero-order chi connectivity index (χ0) is 14.7. The van der Waals surface area contributed by atoms with Crippen LogP contribution in [0.4, 0.5) is 0 Å². The molecule has 3 rings (SSSR count). The Morgan fingerprint density at radius 1 is 0.905 bits per heavy atom. The second kappa shape index (κ2) is 6.47. The van der Waals surface area contributed by atoms with Crippen molar-refractivity contribution in [2.24, 2.45) is 5.92 Å². The maximum absolute atomic E-state index is 2.39. The van der Waals surface area contributed by atoms with Crippen LogP contribution in [0.25, 0.3) is 5.57 Å². The Bertz CT molecular complexity index is 566. The van der Waals surface area contributed by atoms with Gasteiger partial charge in [-0.05, 0) is 54.7 Å². The van der Waals surface area contributed by atoms with Gasteiger partial charge in [-0.1, -0.05) is 73.9 Å². The van der Waals surface area contributed by atoms with Crippen LogP contribution in [-0.2, 0) is 0 Å². The van der Waals surface area contributed by atoms with E-state index in [1.807, 2.05) is 0 Å². The van der Waals surface area contributed by atoms with Gasteiger partial charge in [0.15, 0.2) is 0 Å². The predicted molar refractivity (Wildman–Crippen MR) is 94.4 cm³/mol. The van der Waals surface area contributed by atoms with Crippen molar-refractivity contribution < 1.29 is 1.43 Å². The molecule has 0 heteroatoms. The van der Waals surface area contributed by atoms with Crippen LogP contribution in [0.1, 0.15) is 64.4 Å². The molecule has 0 aromatic heterocycles. The Hall–Kier alpha value is -1.56. The lowest BCUT2D eigenvalue weighted by Crippen LogP contribution is -2.10. The normalized spacial score (nSPS) is 26.0. The highest BCUT2D eigenvalue weighted by atomic mass is 14.2. The molecular formula is C21H28. The fraction of sp³-hybridized carbons (Fsp3) is 0.429. The summed E-state index contributed by atoms with van der Waals surface area (Å²) in [6, 6.07) is 9.33. The molecule has 112 valence electrons. The number of rotatable bonds is 2. The summed E-state index contributed by atoms with van der Waals surface area (Å²) >= 11 is 0. The minimum Gasteiger partial charge on any atom is -0.0778 e. The molecule has 1 saturated carbocycles. The summed E-state index contributed by atoms with van der Waals surface area (Å²) in [5.41, 5.74) is 5.60. The molecule has 0 aliphatic heterocycles. The summed E-state index contributed by atoms with van der Waals surface area (Å²) in [6.45, 7) is 4.56. The first-order valence-electron chi connectivity index (χ1n) is 8.37. The number of benzene rings is 1. The SMILES string of the molecule is CC1=CCC=C(c2ccc(C3CCC(C)CC3)cc2)C=C1.[HH]. The lowest BCUT2D eigenvalue weighted by Gasteiger charge is -2.26. The topological polar surface area (TPSA) is 0 Å². The minimum absolute atomic E-state index is 0. The molecule has 21 heavy (non-hydrogen) atoms. The largest absolute Gasteiger partial charge is 0.0778 e. The van der Waals surface area contributed by atoms with Gasteiger partial charge in [-0.25, -0.2) is 0 Å². The highest BCUT2D eigenvalue weighted by molar-refractivity contribution is 5.75. The molecule has 1 aromatic carbocycles. The summed E-state index contributed by atoms with van der Waals surface area (Å²) in [4.78, 5) is 0. The van der Waals surface area contributed by atoms with E-state index in [0.29, 0.717) is 0 Å². The molecule has 0 nitrogen and oxygen atoms in total. The molecule has 0 heterocycles. The van der Waals surface area contributed by atoms with Gasteiger partial charge in [0.2, 0.25) is 0 Å². The third kappa shape index (κ3) is 3.56. The Labute approximate surface area is 130 Å². The van der Waals surface area contributed by atoms with Gasteiger partial charge in [0.1, 0.15) is 0 Å². The van der Waals surface area contributed by atoms with Gasteiger partial charge in [-0.15, -0.1) is 0 Å². The van der Waals surface area contributed by atoms with Gasteiger partial charge < -0.3 is 0 Å². The molecule has 0 bridgehead atoms. The zero-order valence-electron chi connectivity index (χ0n) is 13.3. The van der Waals surface area contributed by atoms with Crippen molar-refractivity contribution in [3.63, 3.8) is 0 Å². The van der Waals surface area contributed by atoms with Gasteiger partial charge in [0, 0.05) is 1.43 Å². The Balaban J connectivity index is 0.00000176. The quantitative estimate of drug-likeness (QED) is 0.578. The first-order valence-corrected chi connectivity index (χ1v) is 8.37. The summed E-state index contributed by atoms with van der Waals surface area (Å²) in [6.07, 6.45) is 15.6. The van der Waals surface area contributed by atoms with E-state index in [1.54, 1.807) is 0 Å². The molecule has 0 unspecified atom stereocenters. The summed E-state index contributed by atoms with van der Waals surface area (Å²) in [7, 11) is 0. The first kappa shape index (κ1) is 14.4.